The number of anilines is 1. The van der Waals surface area contributed by atoms with Gasteiger partial charge in [-0.05, 0) is 37.6 Å². The summed E-state index contributed by atoms with van der Waals surface area (Å²) in [4.78, 5) is 31.5. The smallest absolute Gasteiger partial charge is 0.339 e. The number of aryl methyl sites for hydroxylation is 1. The molecule has 0 aromatic carbocycles. The molecule has 3 aromatic heterocycles. The summed E-state index contributed by atoms with van der Waals surface area (Å²) in [5.74, 6) is -0.192. The van der Waals surface area contributed by atoms with Gasteiger partial charge < -0.3 is 15.0 Å². The van der Waals surface area contributed by atoms with Crippen LogP contribution in [0, 0.1) is 13.8 Å². The Balaban J connectivity index is 1.80. The van der Waals surface area contributed by atoms with Crippen molar-refractivity contribution in [2.75, 3.05) is 12.4 Å². The summed E-state index contributed by atoms with van der Waals surface area (Å²) in [6, 6.07) is 5.27. The summed E-state index contributed by atoms with van der Waals surface area (Å²) in [6.45, 7) is 3.42. The van der Waals surface area contributed by atoms with Crippen molar-refractivity contribution in [1.82, 2.24) is 19.7 Å². The van der Waals surface area contributed by atoms with Gasteiger partial charge in [-0.2, -0.15) is 5.10 Å². The fourth-order valence-electron chi connectivity index (χ4n) is 2.58. The average molecular weight is 339 g/mol. The summed E-state index contributed by atoms with van der Waals surface area (Å²) < 4.78 is 6.37. The predicted molar refractivity (Wildman–Crippen MR) is 90.9 cm³/mol. The van der Waals surface area contributed by atoms with Crippen molar-refractivity contribution < 1.29 is 14.3 Å². The molecule has 1 amide bonds. The van der Waals surface area contributed by atoms with Crippen molar-refractivity contribution in [3.63, 3.8) is 0 Å². The molecule has 3 rings (SSSR count). The Hall–Kier alpha value is -3.42. The van der Waals surface area contributed by atoms with E-state index in [2.05, 4.69) is 20.4 Å². The third kappa shape index (κ3) is 3.14. The molecule has 0 saturated heterocycles. The van der Waals surface area contributed by atoms with Crippen LogP contribution in [0.3, 0.4) is 0 Å². The number of hydrogen-bond donors (Lipinski definition) is 2. The molecule has 2 N–H and O–H groups in total. The first kappa shape index (κ1) is 16.4. The van der Waals surface area contributed by atoms with E-state index < -0.39 is 5.97 Å². The topological polar surface area (TPSA) is 102 Å². The number of carbonyl (C=O) groups is 2. The molecule has 0 aliphatic rings. The van der Waals surface area contributed by atoms with Crippen LogP contribution in [-0.2, 0) is 4.74 Å². The number of H-pyrrole nitrogens is 1. The van der Waals surface area contributed by atoms with Crippen LogP contribution in [0.1, 0.15) is 32.1 Å². The van der Waals surface area contributed by atoms with Crippen LogP contribution < -0.4 is 5.32 Å². The van der Waals surface area contributed by atoms with Crippen molar-refractivity contribution >= 4 is 17.6 Å². The van der Waals surface area contributed by atoms with Crippen LogP contribution >= 0.6 is 0 Å². The lowest BCUT2D eigenvalue weighted by molar-refractivity contribution is 0.0599. The van der Waals surface area contributed by atoms with Gasteiger partial charge in [-0.3, -0.25) is 4.79 Å². The molecule has 0 radical (unpaired) electrons. The maximum Gasteiger partial charge on any atom is 0.339 e. The molecule has 0 bridgehead atoms. The summed E-state index contributed by atoms with van der Waals surface area (Å²) in [7, 11) is 1.31. The van der Waals surface area contributed by atoms with Gasteiger partial charge in [0.15, 0.2) is 5.82 Å². The summed E-state index contributed by atoms with van der Waals surface area (Å²) >= 11 is 0. The first-order valence-corrected chi connectivity index (χ1v) is 7.56. The summed E-state index contributed by atoms with van der Waals surface area (Å²) in [5, 5.41) is 6.85. The number of nitrogens with one attached hydrogen (secondary N) is 2. The Labute approximate surface area is 143 Å². The molecule has 8 nitrogen and oxygen atoms in total. The molecule has 0 saturated carbocycles. The highest BCUT2D eigenvalue weighted by molar-refractivity contribution is 6.06. The Morgan fingerprint density at radius 3 is 2.68 bits per heavy atom. The van der Waals surface area contributed by atoms with E-state index in [4.69, 9.17) is 4.74 Å². The highest BCUT2D eigenvalue weighted by atomic mass is 16.5. The molecular formula is C17H17N5O3. The number of ether oxygens (including phenoxy) is 1. The zero-order valence-corrected chi connectivity index (χ0v) is 14.0. The Morgan fingerprint density at radius 1 is 1.28 bits per heavy atom. The maximum atomic E-state index is 12.5. The van der Waals surface area contributed by atoms with Crippen LogP contribution in [-0.4, -0.2) is 38.7 Å². The number of carbonyl (C=O) groups excluding carboxylic acids is 2. The molecule has 0 atom stereocenters. The van der Waals surface area contributed by atoms with Crippen molar-refractivity contribution in [1.29, 1.82) is 0 Å². The third-order valence-electron chi connectivity index (χ3n) is 3.80. The van der Waals surface area contributed by atoms with Crippen molar-refractivity contribution in [3.05, 3.63) is 59.3 Å². The lowest BCUT2D eigenvalue weighted by atomic mass is 10.1. The van der Waals surface area contributed by atoms with Gasteiger partial charge in [0.2, 0.25) is 0 Å². The van der Waals surface area contributed by atoms with Gasteiger partial charge >= 0.3 is 5.97 Å². The number of hydrogen-bond acceptors (Lipinski definition) is 5. The number of nitrogens with zero attached hydrogens (tertiary/aromatic N) is 3. The number of pyridine rings is 1. The molecule has 8 heteroatoms. The first-order valence-electron chi connectivity index (χ1n) is 7.56. The van der Waals surface area contributed by atoms with Gasteiger partial charge in [0, 0.05) is 18.1 Å². The van der Waals surface area contributed by atoms with E-state index in [1.54, 1.807) is 55.3 Å². The van der Waals surface area contributed by atoms with Crippen molar-refractivity contribution in [2.24, 2.45) is 0 Å². The summed E-state index contributed by atoms with van der Waals surface area (Å²) in [6.07, 6.45) is 4.98. The number of aromatic nitrogens is 4. The minimum absolute atomic E-state index is 0.314. The minimum Gasteiger partial charge on any atom is -0.465 e. The number of esters is 1. The molecule has 3 heterocycles. The lowest BCUT2D eigenvalue weighted by Crippen LogP contribution is -2.14. The average Bonchev–Trinajstić information content (AvgIpc) is 3.23. The predicted octanol–water partition coefficient (Wildman–Crippen LogP) is 2.25. The van der Waals surface area contributed by atoms with E-state index in [1.165, 1.54) is 7.11 Å². The third-order valence-corrected chi connectivity index (χ3v) is 3.80. The second-order valence-electron chi connectivity index (χ2n) is 5.43. The fraction of sp³-hybridized carbons (Fsp3) is 0.176. The second kappa shape index (κ2) is 6.60. The molecule has 0 unspecified atom stereocenters. The van der Waals surface area contributed by atoms with Gasteiger partial charge in [0.05, 0.1) is 24.6 Å². The molecule has 0 aliphatic carbocycles. The number of aromatic amines is 1. The van der Waals surface area contributed by atoms with Crippen LogP contribution in [0.25, 0.3) is 5.82 Å². The van der Waals surface area contributed by atoms with Crippen LogP contribution in [0.4, 0.5) is 5.69 Å². The standard InChI is InChI=1S/C17H17N5O3/c1-10-14(17(24)25-3)11(2)20-15(10)16(23)21-12-5-6-13(18-9-12)22-8-4-7-19-22/h4-9,20H,1-3H3,(H,21,23). The van der Waals surface area contributed by atoms with Gasteiger partial charge in [-0.1, -0.05) is 0 Å². The normalized spacial score (nSPS) is 10.5. The Kier molecular flexibility index (Phi) is 4.34. The highest BCUT2D eigenvalue weighted by Crippen LogP contribution is 2.20. The molecule has 0 fully saturated rings. The van der Waals surface area contributed by atoms with Crippen LogP contribution in [0.15, 0.2) is 36.8 Å². The SMILES string of the molecule is COC(=O)c1c(C)[nH]c(C(=O)Nc2ccc(-n3cccn3)nc2)c1C. The van der Waals surface area contributed by atoms with Gasteiger partial charge in [0.25, 0.3) is 5.91 Å². The zero-order valence-electron chi connectivity index (χ0n) is 14.0. The monoisotopic (exact) mass is 339 g/mol. The van der Waals surface area contributed by atoms with Gasteiger partial charge in [-0.15, -0.1) is 0 Å². The molecular weight excluding hydrogens is 322 g/mol. The number of amides is 1. The number of methoxy groups -OCH3 is 1. The van der Waals surface area contributed by atoms with E-state index in [9.17, 15) is 9.59 Å². The Bertz CT molecular complexity index is 911. The zero-order chi connectivity index (χ0) is 18.0. The van der Waals surface area contributed by atoms with E-state index in [-0.39, 0.29) is 5.91 Å². The highest BCUT2D eigenvalue weighted by Gasteiger charge is 2.22. The summed E-state index contributed by atoms with van der Waals surface area (Å²) in [5.41, 5.74) is 2.35. The van der Waals surface area contributed by atoms with Gasteiger partial charge in [0.1, 0.15) is 5.69 Å². The quantitative estimate of drug-likeness (QED) is 0.710. The van der Waals surface area contributed by atoms with E-state index in [0.29, 0.717) is 34.0 Å². The second-order valence-corrected chi connectivity index (χ2v) is 5.43. The van der Waals surface area contributed by atoms with Gasteiger partial charge in [-0.25, -0.2) is 14.5 Å². The fourth-order valence-corrected chi connectivity index (χ4v) is 2.58. The minimum atomic E-state index is -0.476. The molecule has 0 aliphatic heterocycles. The molecule has 128 valence electrons. The molecule has 0 spiro atoms. The van der Waals surface area contributed by atoms with Crippen LogP contribution in [0.5, 0.6) is 0 Å². The maximum absolute atomic E-state index is 12.5. The Morgan fingerprint density at radius 2 is 2.08 bits per heavy atom. The molecule has 25 heavy (non-hydrogen) atoms. The van der Waals surface area contributed by atoms with Crippen molar-refractivity contribution in [2.45, 2.75) is 13.8 Å². The van der Waals surface area contributed by atoms with Crippen LogP contribution in [0.2, 0.25) is 0 Å². The van der Waals surface area contributed by atoms with Crippen molar-refractivity contribution in [3.8, 4) is 5.82 Å². The lowest BCUT2D eigenvalue weighted by Gasteiger charge is -2.06. The van der Waals surface area contributed by atoms with E-state index in [1.807, 2.05) is 0 Å². The largest absolute Gasteiger partial charge is 0.465 e. The first-order chi connectivity index (χ1) is 12.0. The van der Waals surface area contributed by atoms with E-state index >= 15 is 0 Å². The van der Waals surface area contributed by atoms with E-state index in [0.717, 1.165) is 0 Å². The number of rotatable bonds is 4. The molecule has 3 aromatic rings.